The first kappa shape index (κ1) is 16.5. The Bertz CT molecular complexity index is 542. The van der Waals surface area contributed by atoms with Crippen molar-refractivity contribution < 1.29 is 19.1 Å². The highest BCUT2D eigenvalue weighted by molar-refractivity contribution is 5.91. The molecule has 1 fully saturated rings. The van der Waals surface area contributed by atoms with Crippen LogP contribution in [0.1, 0.15) is 66.9 Å². The van der Waals surface area contributed by atoms with E-state index in [-0.39, 0.29) is 18.0 Å². The highest BCUT2D eigenvalue weighted by Crippen LogP contribution is 2.34. The number of hydrogen-bond donors (Lipinski definition) is 0. The van der Waals surface area contributed by atoms with E-state index in [1.165, 1.54) is 12.5 Å². The van der Waals surface area contributed by atoms with Gasteiger partial charge in [-0.25, -0.2) is 4.79 Å². The molecular formula is C18H24O4. The Balaban J connectivity index is 2.06. The molecule has 4 nitrogen and oxygen atoms in total. The van der Waals surface area contributed by atoms with Crippen molar-refractivity contribution in [3.8, 4) is 0 Å². The second-order valence-electron chi connectivity index (χ2n) is 5.88. The summed E-state index contributed by atoms with van der Waals surface area (Å²) in [6, 6.07) is 6.04. The molecule has 0 spiro atoms. The molecule has 4 heteroatoms. The molecule has 1 aromatic carbocycles. The molecule has 0 aromatic heterocycles. The van der Waals surface area contributed by atoms with Gasteiger partial charge in [-0.15, -0.1) is 0 Å². The number of carbonyl (C=O) groups excluding carboxylic acids is 2. The Morgan fingerprint density at radius 2 is 1.86 bits per heavy atom. The zero-order valence-electron chi connectivity index (χ0n) is 13.6. The molecule has 120 valence electrons. The van der Waals surface area contributed by atoms with Crippen molar-refractivity contribution in [3.05, 3.63) is 34.9 Å². The predicted molar refractivity (Wildman–Crippen MR) is 83.9 cm³/mol. The molecule has 22 heavy (non-hydrogen) atoms. The second kappa shape index (κ2) is 7.43. The quantitative estimate of drug-likeness (QED) is 0.795. The van der Waals surface area contributed by atoms with Gasteiger partial charge in [0.1, 0.15) is 6.10 Å². The lowest BCUT2D eigenvalue weighted by Gasteiger charge is -2.28. The van der Waals surface area contributed by atoms with Gasteiger partial charge in [-0.1, -0.05) is 12.1 Å². The highest BCUT2D eigenvalue weighted by atomic mass is 16.5. The van der Waals surface area contributed by atoms with Crippen LogP contribution in [0.25, 0.3) is 0 Å². The predicted octanol–water partition coefficient (Wildman–Crippen LogP) is 3.76. The van der Waals surface area contributed by atoms with E-state index >= 15 is 0 Å². The van der Waals surface area contributed by atoms with E-state index < -0.39 is 0 Å². The van der Waals surface area contributed by atoms with Crippen molar-refractivity contribution in [1.29, 1.82) is 0 Å². The average molecular weight is 304 g/mol. The van der Waals surface area contributed by atoms with Gasteiger partial charge < -0.3 is 9.47 Å². The van der Waals surface area contributed by atoms with Crippen LogP contribution in [-0.2, 0) is 14.3 Å². The van der Waals surface area contributed by atoms with Gasteiger partial charge in [-0.2, -0.15) is 0 Å². The lowest BCUT2D eigenvalue weighted by atomic mass is 9.82. The number of benzene rings is 1. The van der Waals surface area contributed by atoms with E-state index in [9.17, 15) is 9.59 Å². The lowest BCUT2D eigenvalue weighted by molar-refractivity contribution is -0.147. The normalized spacial score (nSPS) is 21.2. The van der Waals surface area contributed by atoms with Crippen LogP contribution in [0.4, 0.5) is 0 Å². The number of hydrogen-bond acceptors (Lipinski definition) is 4. The third kappa shape index (κ3) is 4.09. The van der Waals surface area contributed by atoms with Crippen LogP contribution in [0.15, 0.2) is 18.2 Å². The molecule has 0 saturated heterocycles. The molecule has 0 amide bonds. The van der Waals surface area contributed by atoms with Crippen molar-refractivity contribution >= 4 is 11.9 Å². The molecule has 1 aliphatic carbocycles. The van der Waals surface area contributed by atoms with Crippen LogP contribution < -0.4 is 0 Å². The van der Waals surface area contributed by atoms with Crippen LogP contribution >= 0.6 is 0 Å². The van der Waals surface area contributed by atoms with Crippen LogP contribution in [0.2, 0.25) is 0 Å². The number of rotatable bonds is 4. The molecule has 0 N–H and O–H groups in total. The first-order valence-electron chi connectivity index (χ1n) is 7.96. The summed E-state index contributed by atoms with van der Waals surface area (Å²) in [7, 11) is 0. The summed E-state index contributed by atoms with van der Waals surface area (Å²) in [5, 5.41) is 0. The van der Waals surface area contributed by atoms with Gasteiger partial charge in [0.25, 0.3) is 0 Å². The zero-order chi connectivity index (χ0) is 16.1. The molecule has 0 aliphatic heterocycles. The second-order valence-corrected chi connectivity index (χ2v) is 5.88. The number of esters is 2. The zero-order valence-corrected chi connectivity index (χ0v) is 13.6. The fourth-order valence-corrected chi connectivity index (χ4v) is 3.07. The van der Waals surface area contributed by atoms with Crippen LogP contribution in [0, 0.1) is 6.92 Å². The molecule has 0 unspecified atom stereocenters. The summed E-state index contributed by atoms with van der Waals surface area (Å²) >= 11 is 0. The number of carbonyl (C=O) groups is 2. The topological polar surface area (TPSA) is 52.6 Å². The Hall–Kier alpha value is -1.84. The van der Waals surface area contributed by atoms with Crippen molar-refractivity contribution in [2.75, 3.05) is 6.61 Å². The maximum Gasteiger partial charge on any atom is 0.338 e. The Labute approximate surface area is 131 Å². The van der Waals surface area contributed by atoms with Crippen LogP contribution in [-0.4, -0.2) is 24.6 Å². The molecule has 0 atom stereocenters. The Morgan fingerprint density at radius 1 is 1.18 bits per heavy atom. The van der Waals surface area contributed by atoms with Gasteiger partial charge in [-0.3, -0.25) is 4.79 Å². The van der Waals surface area contributed by atoms with Crippen molar-refractivity contribution in [3.63, 3.8) is 0 Å². The molecule has 0 heterocycles. The van der Waals surface area contributed by atoms with Crippen molar-refractivity contribution in [2.45, 2.75) is 58.5 Å². The van der Waals surface area contributed by atoms with E-state index in [2.05, 4.69) is 6.07 Å². The summed E-state index contributed by atoms with van der Waals surface area (Å²) in [6.45, 7) is 5.58. The average Bonchev–Trinajstić information content (AvgIpc) is 2.48. The largest absolute Gasteiger partial charge is 0.463 e. The molecule has 0 radical (unpaired) electrons. The van der Waals surface area contributed by atoms with E-state index in [0.29, 0.717) is 18.1 Å². The molecule has 2 rings (SSSR count). The lowest BCUT2D eigenvalue weighted by Crippen LogP contribution is -2.22. The van der Waals surface area contributed by atoms with E-state index in [0.717, 1.165) is 31.2 Å². The molecule has 1 aromatic rings. The summed E-state index contributed by atoms with van der Waals surface area (Å²) in [5.41, 5.74) is 2.77. The standard InChI is InChI=1S/C18H24O4/c1-4-21-18(20)17-11-15(6-5-12(17)2)14-7-9-16(10-8-14)22-13(3)19/h5-6,11,14,16H,4,7-10H2,1-3H3. The van der Waals surface area contributed by atoms with Gasteiger partial charge in [-0.05, 0) is 62.6 Å². The van der Waals surface area contributed by atoms with Gasteiger partial charge in [0.2, 0.25) is 0 Å². The van der Waals surface area contributed by atoms with Crippen LogP contribution in [0.5, 0.6) is 0 Å². The van der Waals surface area contributed by atoms with Gasteiger partial charge in [0.15, 0.2) is 0 Å². The summed E-state index contributed by atoms with van der Waals surface area (Å²) in [5.74, 6) is -0.0422. The fraction of sp³-hybridized carbons (Fsp3) is 0.556. The Morgan fingerprint density at radius 3 is 2.45 bits per heavy atom. The first-order valence-corrected chi connectivity index (χ1v) is 7.96. The van der Waals surface area contributed by atoms with Crippen LogP contribution in [0.3, 0.4) is 0 Å². The third-order valence-electron chi connectivity index (χ3n) is 4.24. The maximum absolute atomic E-state index is 12.0. The van der Waals surface area contributed by atoms with Gasteiger partial charge in [0.05, 0.1) is 12.2 Å². The number of aryl methyl sites for hydroxylation is 1. The van der Waals surface area contributed by atoms with Gasteiger partial charge in [0, 0.05) is 6.92 Å². The van der Waals surface area contributed by atoms with Crippen molar-refractivity contribution in [1.82, 2.24) is 0 Å². The highest BCUT2D eigenvalue weighted by Gasteiger charge is 2.25. The molecule has 1 aliphatic rings. The first-order chi connectivity index (χ1) is 10.5. The minimum Gasteiger partial charge on any atom is -0.463 e. The maximum atomic E-state index is 12.0. The van der Waals surface area contributed by atoms with E-state index in [1.54, 1.807) is 0 Å². The summed E-state index contributed by atoms with van der Waals surface area (Å²) < 4.78 is 10.4. The molecule has 0 bridgehead atoms. The third-order valence-corrected chi connectivity index (χ3v) is 4.24. The SMILES string of the molecule is CCOC(=O)c1cc(C2CCC(OC(C)=O)CC2)ccc1C. The van der Waals surface area contributed by atoms with Crippen molar-refractivity contribution in [2.24, 2.45) is 0 Å². The Kier molecular flexibility index (Phi) is 5.58. The monoisotopic (exact) mass is 304 g/mol. The van der Waals surface area contributed by atoms with E-state index in [4.69, 9.17) is 9.47 Å². The minimum absolute atomic E-state index is 0.0451. The fourth-order valence-electron chi connectivity index (χ4n) is 3.07. The summed E-state index contributed by atoms with van der Waals surface area (Å²) in [4.78, 5) is 23.0. The van der Waals surface area contributed by atoms with E-state index in [1.807, 2.05) is 26.0 Å². The molecule has 1 saturated carbocycles. The van der Waals surface area contributed by atoms with Gasteiger partial charge >= 0.3 is 11.9 Å². The number of ether oxygens (including phenoxy) is 2. The molecular weight excluding hydrogens is 280 g/mol. The summed E-state index contributed by atoms with van der Waals surface area (Å²) in [6.07, 6.45) is 3.76. The minimum atomic E-state index is -0.254. The smallest absolute Gasteiger partial charge is 0.338 e.